The van der Waals surface area contributed by atoms with E-state index in [4.69, 9.17) is 0 Å². The van der Waals surface area contributed by atoms with Crippen molar-refractivity contribution < 1.29 is 5.11 Å². The number of rotatable bonds is 1. The van der Waals surface area contributed by atoms with Gasteiger partial charge in [0.15, 0.2) is 0 Å². The Balaban J connectivity index is 1.85. The van der Waals surface area contributed by atoms with E-state index >= 15 is 0 Å². The van der Waals surface area contributed by atoms with Gasteiger partial charge in [-0.1, -0.05) is 26.0 Å². The van der Waals surface area contributed by atoms with Crippen molar-refractivity contribution in [2.45, 2.75) is 39.2 Å². The maximum Gasteiger partial charge on any atom is 0.119 e. The predicted octanol–water partition coefficient (Wildman–Crippen LogP) is 3.36. The van der Waals surface area contributed by atoms with Gasteiger partial charge in [0.2, 0.25) is 0 Å². The number of aromatic hydroxyl groups is 1. The first-order valence-electron chi connectivity index (χ1n) is 7.20. The normalized spacial score (nSPS) is 32.4. The molecule has 1 aliphatic carbocycles. The number of benzene rings is 1. The van der Waals surface area contributed by atoms with Gasteiger partial charge in [-0.3, -0.25) is 4.90 Å². The van der Waals surface area contributed by atoms with Crippen LogP contribution in [0, 0.1) is 11.8 Å². The maximum atomic E-state index is 9.93. The molecule has 3 atom stereocenters. The molecule has 2 nitrogen and oxygen atoms in total. The molecule has 0 bridgehead atoms. The van der Waals surface area contributed by atoms with E-state index in [1.54, 1.807) is 0 Å². The smallest absolute Gasteiger partial charge is 0.119 e. The van der Waals surface area contributed by atoms with E-state index in [0.717, 1.165) is 18.3 Å². The highest BCUT2D eigenvalue weighted by Gasteiger charge is 2.33. The first-order valence-corrected chi connectivity index (χ1v) is 7.20. The van der Waals surface area contributed by atoms with Gasteiger partial charge in [0.1, 0.15) is 5.75 Å². The summed E-state index contributed by atoms with van der Waals surface area (Å²) in [6.45, 7) is 7.15. The fraction of sp³-hybridized carbons (Fsp3) is 0.625. The second-order valence-electron chi connectivity index (χ2n) is 6.30. The van der Waals surface area contributed by atoms with E-state index in [0.29, 0.717) is 11.8 Å². The van der Waals surface area contributed by atoms with Gasteiger partial charge in [-0.25, -0.2) is 0 Å². The lowest BCUT2D eigenvalue weighted by molar-refractivity contribution is 0.0954. The van der Waals surface area contributed by atoms with Crippen LogP contribution in [0.2, 0.25) is 0 Å². The number of likely N-dealkylation sites (tertiary alicyclic amines) is 1. The van der Waals surface area contributed by atoms with E-state index in [2.05, 4.69) is 24.8 Å². The summed E-state index contributed by atoms with van der Waals surface area (Å²) in [7, 11) is 0. The minimum atomic E-state index is 0.494. The molecule has 1 aromatic carbocycles. The number of piperidine rings is 1. The Hall–Kier alpha value is -1.02. The molecule has 0 radical (unpaired) electrons. The van der Waals surface area contributed by atoms with Crippen LogP contribution in [0.5, 0.6) is 5.75 Å². The molecule has 1 heterocycles. The number of hydrogen-bond donors (Lipinski definition) is 1. The van der Waals surface area contributed by atoms with Crippen molar-refractivity contribution in [3.8, 4) is 5.75 Å². The van der Waals surface area contributed by atoms with Crippen molar-refractivity contribution in [2.75, 3.05) is 13.1 Å². The number of hydrogen-bond acceptors (Lipinski definition) is 2. The molecular formula is C16H23NO. The van der Waals surface area contributed by atoms with E-state index in [1.807, 2.05) is 12.1 Å². The second-order valence-corrected chi connectivity index (χ2v) is 6.30. The summed E-state index contributed by atoms with van der Waals surface area (Å²) in [5, 5.41) is 9.93. The lowest BCUT2D eigenvalue weighted by atomic mass is 9.90. The average Bonchev–Trinajstić information content (AvgIpc) is 2.73. The summed E-state index contributed by atoms with van der Waals surface area (Å²) in [5.74, 6) is 2.10. The van der Waals surface area contributed by atoms with Gasteiger partial charge in [-0.05, 0) is 48.3 Å². The lowest BCUT2D eigenvalue weighted by Gasteiger charge is -2.39. The molecule has 3 unspecified atom stereocenters. The molecule has 0 spiro atoms. The Labute approximate surface area is 110 Å². The van der Waals surface area contributed by atoms with Crippen LogP contribution >= 0.6 is 0 Å². The summed E-state index contributed by atoms with van der Waals surface area (Å²) >= 11 is 0. The molecule has 3 rings (SSSR count). The largest absolute Gasteiger partial charge is 0.508 e. The molecule has 98 valence electrons. The fourth-order valence-corrected chi connectivity index (χ4v) is 3.96. The minimum absolute atomic E-state index is 0.494. The molecule has 1 fully saturated rings. The third-order valence-electron chi connectivity index (χ3n) is 4.55. The second kappa shape index (κ2) is 4.58. The van der Waals surface area contributed by atoms with Crippen molar-refractivity contribution in [1.29, 1.82) is 0 Å². The van der Waals surface area contributed by atoms with Crippen LogP contribution in [0.4, 0.5) is 0 Å². The van der Waals surface area contributed by atoms with Crippen LogP contribution in [0.15, 0.2) is 18.2 Å². The van der Waals surface area contributed by atoms with Crippen LogP contribution < -0.4 is 0 Å². The summed E-state index contributed by atoms with van der Waals surface area (Å²) in [6.07, 6.45) is 3.56. The zero-order valence-electron chi connectivity index (χ0n) is 11.4. The third-order valence-corrected chi connectivity index (χ3v) is 4.55. The van der Waals surface area contributed by atoms with E-state index in [9.17, 15) is 5.11 Å². The van der Waals surface area contributed by atoms with E-state index < -0.39 is 0 Å². The molecule has 0 aromatic heterocycles. The van der Waals surface area contributed by atoms with Gasteiger partial charge in [0.25, 0.3) is 0 Å². The highest BCUT2D eigenvalue weighted by Crippen LogP contribution is 2.41. The van der Waals surface area contributed by atoms with Gasteiger partial charge >= 0.3 is 0 Å². The quantitative estimate of drug-likeness (QED) is 0.820. The standard InChI is InChI=1S/C16H23NO/c1-11-8-12(2)10-17(9-11)15-7-6-14-13(15)4-3-5-16(14)18/h3-5,11-12,15,18H,6-10H2,1-2H3. The fourth-order valence-electron chi connectivity index (χ4n) is 3.96. The summed E-state index contributed by atoms with van der Waals surface area (Å²) in [4.78, 5) is 2.64. The van der Waals surface area contributed by atoms with Crippen molar-refractivity contribution in [3.63, 3.8) is 0 Å². The summed E-state index contributed by atoms with van der Waals surface area (Å²) < 4.78 is 0. The van der Waals surface area contributed by atoms with Crippen LogP contribution in [0.3, 0.4) is 0 Å². The van der Waals surface area contributed by atoms with Crippen LogP contribution in [-0.4, -0.2) is 23.1 Å². The zero-order valence-corrected chi connectivity index (χ0v) is 11.4. The van der Waals surface area contributed by atoms with Gasteiger partial charge < -0.3 is 5.11 Å². The first-order chi connectivity index (χ1) is 8.65. The molecule has 1 N–H and O–H groups in total. The predicted molar refractivity (Wildman–Crippen MR) is 73.7 cm³/mol. The average molecular weight is 245 g/mol. The number of phenols is 1. The molecule has 18 heavy (non-hydrogen) atoms. The number of fused-ring (bicyclic) bond motifs is 1. The van der Waals surface area contributed by atoms with Gasteiger partial charge in [-0.2, -0.15) is 0 Å². The third kappa shape index (κ3) is 2.03. The first kappa shape index (κ1) is 12.0. The van der Waals surface area contributed by atoms with Crippen LogP contribution in [-0.2, 0) is 6.42 Å². The molecular weight excluding hydrogens is 222 g/mol. The van der Waals surface area contributed by atoms with Crippen LogP contribution in [0.1, 0.15) is 43.9 Å². The maximum absolute atomic E-state index is 9.93. The lowest BCUT2D eigenvalue weighted by Crippen LogP contribution is -2.40. The van der Waals surface area contributed by atoms with Gasteiger partial charge in [0, 0.05) is 19.1 Å². The molecule has 1 saturated heterocycles. The number of nitrogens with zero attached hydrogens (tertiary/aromatic N) is 1. The highest BCUT2D eigenvalue weighted by atomic mass is 16.3. The monoisotopic (exact) mass is 245 g/mol. The Kier molecular flexibility index (Phi) is 3.06. The number of phenolic OH excluding ortho intramolecular Hbond substituents is 1. The van der Waals surface area contributed by atoms with Gasteiger partial charge in [0.05, 0.1) is 0 Å². The molecule has 0 saturated carbocycles. The SMILES string of the molecule is CC1CC(C)CN(C2CCc3c(O)cccc32)C1. The summed E-state index contributed by atoms with van der Waals surface area (Å²) in [5.41, 5.74) is 2.56. The highest BCUT2D eigenvalue weighted by molar-refractivity contribution is 5.44. The van der Waals surface area contributed by atoms with Crippen LogP contribution in [0.25, 0.3) is 0 Å². The Morgan fingerprint density at radius 3 is 2.61 bits per heavy atom. The Bertz CT molecular complexity index is 433. The zero-order chi connectivity index (χ0) is 12.7. The molecule has 1 aliphatic heterocycles. The molecule has 1 aromatic rings. The molecule has 0 amide bonds. The summed E-state index contributed by atoms with van der Waals surface area (Å²) in [6, 6.07) is 6.56. The molecule has 2 aliphatic rings. The van der Waals surface area contributed by atoms with E-state index in [-0.39, 0.29) is 0 Å². The van der Waals surface area contributed by atoms with Crippen molar-refractivity contribution in [3.05, 3.63) is 29.3 Å². The van der Waals surface area contributed by atoms with Crippen molar-refractivity contribution >= 4 is 0 Å². The van der Waals surface area contributed by atoms with Crippen molar-refractivity contribution in [2.24, 2.45) is 11.8 Å². The van der Waals surface area contributed by atoms with Crippen molar-refractivity contribution in [1.82, 2.24) is 4.90 Å². The van der Waals surface area contributed by atoms with E-state index in [1.165, 1.54) is 37.1 Å². The Morgan fingerprint density at radius 2 is 1.89 bits per heavy atom. The van der Waals surface area contributed by atoms with Gasteiger partial charge in [-0.15, -0.1) is 0 Å². The Morgan fingerprint density at radius 1 is 1.17 bits per heavy atom. The molecule has 2 heteroatoms. The topological polar surface area (TPSA) is 23.5 Å². The minimum Gasteiger partial charge on any atom is -0.508 e.